The van der Waals surface area contributed by atoms with Crippen LogP contribution in [0.2, 0.25) is 0 Å². The highest BCUT2D eigenvalue weighted by molar-refractivity contribution is 8.00. The van der Waals surface area contributed by atoms with Gasteiger partial charge in [-0.3, -0.25) is 9.59 Å². The van der Waals surface area contributed by atoms with Crippen molar-refractivity contribution in [2.45, 2.75) is 24.8 Å². The van der Waals surface area contributed by atoms with Gasteiger partial charge in [0.25, 0.3) is 5.91 Å². The van der Waals surface area contributed by atoms with E-state index in [2.05, 4.69) is 22.3 Å². The van der Waals surface area contributed by atoms with Gasteiger partial charge in [-0.1, -0.05) is 42.5 Å². The van der Waals surface area contributed by atoms with E-state index in [9.17, 15) is 9.59 Å². The van der Waals surface area contributed by atoms with Crippen LogP contribution in [0, 0.1) is 0 Å². The minimum atomic E-state index is -0.133. The second kappa shape index (κ2) is 9.71. The van der Waals surface area contributed by atoms with Crippen LogP contribution in [0.5, 0.6) is 0 Å². The van der Waals surface area contributed by atoms with Crippen LogP contribution in [0.25, 0.3) is 0 Å². The molecule has 2 fully saturated rings. The number of hydrogen-bond acceptors (Lipinski definition) is 4. The summed E-state index contributed by atoms with van der Waals surface area (Å²) in [6.07, 6.45) is 2.48. The number of nitrogens with zero attached hydrogens (tertiary/aromatic N) is 2. The Hall–Kier alpha value is -3.25. The lowest BCUT2D eigenvalue weighted by Gasteiger charge is -2.24. The van der Waals surface area contributed by atoms with Gasteiger partial charge in [-0.25, -0.2) is 0 Å². The number of benzene rings is 3. The zero-order chi connectivity index (χ0) is 22.6. The highest BCUT2D eigenvalue weighted by atomic mass is 32.2. The van der Waals surface area contributed by atoms with Crippen LogP contribution >= 0.6 is 11.8 Å². The third-order valence-electron chi connectivity index (χ3n) is 6.22. The maximum absolute atomic E-state index is 12.8. The van der Waals surface area contributed by atoms with E-state index in [1.807, 2.05) is 71.6 Å². The standard InChI is InChI=1S/C27H27N3O2S/c31-25-19-33-27(30(25)18-20-6-2-1-3-7-20)22-10-8-21(9-11-22)26(32)28-23-12-14-24(15-13-23)29-16-4-5-17-29/h1-3,6-15,27H,4-5,16-19H2,(H,28,32)/t27-/m0/s1. The van der Waals surface area contributed by atoms with E-state index in [0.29, 0.717) is 17.9 Å². The average Bonchev–Trinajstić information content (AvgIpc) is 3.51. The first-order valence-corrected chi connectivity index (χ1v) is 12.4. The van der Waals surface area contributed by atoms with Gasteiger partial charge in [0.05, 0.1) is 5.75 Å². The normalized spacial score (nSPS) is 18.1. The maximum atomic E-state index is 12.8. The predicted molar refractivity (Wildman–Crippen MR) is 134 cm³/mol. The molecule has 0 saturated carbocycles. The SMILES string of the molecule is O=C(Nc1ccc(N2CCCC2)cc1)c1ccc([C@@H]2SCC(=O)N2Cc2ccccc2)cc1. The van der Waals surface area contributed by atoms with E-state index >= 15 is 0 Å². The van der Waals surface area contributed by atoms with E-state index < -0.39 is 0 Å². The predicted octanol–water partition coefficient (Wildman–Crippen LogP) is 5.31. The zero-order valence-electron chi connectivity index (χ0n) is 18.4. The van der Waals surface area contributed by atoms with Crippen molar-refractivity contribution >= 4 is 35.0 Å². The fourth-order valence-electron chi connectivity index (χ4n) is 4.41. The van der Waals surface area contributed by atoms with Gasteiger partial charge in [0, 0.05) is 36.6 Å². The minimum Gasteiger partial charge on any atom is -0.372 e. The van der Waals surface area contributed by atoms with Gasteiger partial charge in [0.1, 0.15) is 5.37 Å². The highest BCUT2D eigenvalue weighted by Crippen LogP contribution is 2.39. The molecule has 2 saturated heterocycles. The smallest absolute Gasteiger partial charge is 0.255 e. The molecule has 168 valence electrons. The van der Waals surface area contributed by atoms with Gasteiger partial charge < -0.3 is 15.1 Å². The molecule has 6 heteroatoms. The van der Waals surface area contributed by atoms with E-state index in [0.717, 1.165) is 29.9 Å². The lowest BCUT2D eigenvalue weighted by Crippen LogP contribution is -2.27. The molecule has 33 heavy (non-hydrogen) atoms. The first-order chi connectivity index (χ1) is 16.2. The Bertz CT molecular complexity index is 1110. The van der Waals surface area contributed by atoms with Gasteiger partial charge >= 0.3 is 0 Å². The van der Waals surface area contributed by atoms with Crippen molar-refractivity contribution in [2.24, 2.45) is 0 Å². The van der Waals surface area contributed by atoms with E-state index in [1.54, 1.807) is 11.8 Å². The lowest BCUT2D eigenvalue weighted by molar-refractivity contribution is -0.128. The summed E-state index contributed by atoms with van der Waals surface area (Å²) in [4.78, 5) is 29.5. The molecule has 3 aromatic carbocycles. The first kappa shape index (κ1) is 21.6. The molecule has 0 unspecified atom stereocenters. The molecule has 2 heterocycles. The maximum Gasteiger partial charge on any atom is 0.255 e. The first-order valence-electron chi connectivity index (χ1n) is 11.4. The molecule has 0 radical (unpaired) electrons. The number of nitrogens with one attached hydrogen (secondary N) is 1. The fourth-order valence-corrected chi connectivity index (χ4v) is 5.60. The summed E-state index contributed by atoms with van der Waals surface area (Å²) in [6, 6.07) is 25.7. The molecule has 0 aromatic heterocycles. The Morgan fingerprint density at radius 2 is 1.61 bits per heavy atom. The van der Waals surface area contributed by atoms with Gasteiger partial charge in [-0.15, -0.1) is 11.8 Å². The minimum absolute atomic E-state index is 0.0343. The van der Waals surface area contributed by atoms with Gasteiger partial charge in [-0.2, -0.15) is 0 Å². The Balaban J connectivity index is 1.24. The molecule has 1 atom stereocenters. The van der Waals surface area contributed by atoms with Crippen LogP contribution in [0.3, 0.4) is 0 Å². The topological polar surface area (TPSA) is 52.7 Å². The van der Waals surface area contributed by atoms with Crippen LogP contribution in [-0.2, 0) is 11.3 Å². The van der Waals surface area contributed by atoms with Crippen LogP contribution in [-0.4, -0.2) is 35.6 Å². The number of thioether (sulfide) groups is 1. The Morgan fingerprint density at radius 3 is 2.30 bits per heavy atom. The van der Waals surface area contributed by atoms with E-state index in [-0.39, 0.29) is 17.2 Å². The summed E-state index contributed by atoms with van der Waals surface area (Å²) >= 11 is 1.63. The molecular formula is C27H27N3O2S. The van der Waals surface area contributed by atoms with Crippen molar-refractivity contribution < 1.29 is 9.59 Å². The van der Waals surface area contributed by atoms with Crippen LogP contribution in [0.4, 0.5) is 11.4 Å². The molecular weight excluding hydrogens is 430 g/mol. The van der Waals surface area contributed by atoms with Crippen LogP contribution in [0.15, 0.2) is 78.9 Å². The second-order valence-electron chi connectivity index (χ2n) is 8.49. The summed E-state index contributed by atoms with van der Waals surface area (Å²) < 4.78 is 0. The van der Waals surface area contributed by atoms with Crippen molar-refractivity contribution in [2.75, 3.05) is 29.1 Å². The third kappa shape index (κ3) is 4.91. The summed E-state index contributed by atoms with van der Waals surface area (Å²) in [5.74, 6) is 0.493. The molecule has 0 bridgehead atoms. The molecule has 2 amide bonds. The number of carbonyl (C=O) groups excluding carboxylic acids is 2. The van der Waals surface area contributed by atoms with E-state index in [1.165, 1.54) is 18.5 Å². The molecule has 2 aliphatic rings. The average molecular weight is 458 g/mol. The number of amides is 2. The van der Waals surface area contributed by atoms with Gasteiger partial charge in [0.15, 0.2) is 0 Å². The fraction of sp³-hybridized carbons (Fsp3) is 0.259. The quantitative estimate of drug-likeness (QED) is 0.545. The second-order valence-corrected chi connectivity index (χ2v) is 9.56. The molecule has 0 aliphatic carbocycles. The molecule has 1 N–H and O–H groups in total. The number of rotatable bonds is 6. The van der Waals surface area contributed by atoms with Crippen LogP contribution in [0.1, 0.15) is 39.7 Å². The monoisotopic (exact) mass is 457 g/mol. The molecule has 5 nitrogen and oxygen atoms in total. The number of hydrogen-bond donors (Lipinski definition) is 1. The Kier molecular flexibility index (Phi) is 6.35. The largest absolute Gasteiger partial charge is 0.372 e. The van der Waals surface area contributed by atoms with E-state index in [4.69, 9.17) is 0 Å². The molecule has 0 spiro atoms. The summed E-state index contributed by atoms with van der Waals surface area (Å²) in [5, 5.41) is 2.95. The van der Waals surface area contributed by atoms with Crippen LogP contribution < -0.4 is 10.2 Å². The van der Waals surface area contributed by atoms with Gasteiger partial charge in [0.2, 0.25) is 5.91 Å². The Labute approximate surface area is 198 Å². The van der Waals surface area contributed by atoms with Crippen molar-refractivity contribution in [3.05, 3.63) is 95.6 Å². The van der Waals surface area contributed by atoms with Gasteiger partial charge in [-0.05, 0) is 60.4 Å². The van der Waals surface area contributed by atoms with Crippen molar-refractivity contribution in [1.82, 2.24) is 4.90 Å². The zero-order valence-corrected chi connectivity index (χ0v) is 19.3. The lowest BCUT2D eigenvalue weighted by atomic mass is 10.1. The summed E-state index contributed by atoms with van der Waals surface area (Å²) in [6.45, 7) is 2.80. The van der Waals surface area contributed by atoms with Crippen molar-refractivity contribution in [3.63, 3.8) is 0 Å². The number of carbonyl (C=O) groups is 2. The highest BCUT2D eigenvalue weighted by Gasteiger charge is 2.32. The summed E-state index contributed by atoms with van der Waals surface area (Å²) in [5.41, 5.74) is 4.75. The summed E-state index contributed by atoms with van der Waals surface area (Å²) in [7, 11) is 0. The number of anilines is 2. The molecule has 5 rings (SSSR count). The molecule has 3 aromatic rings. The van der Waals surface area contributed by atoms with Crippen molar-refractivity contribution in [1.29, 1.82) is 0 Å². The molecule has 2 aliphatic heterocycles. The Morgan fingerprint density at radius 1 is 0.909 bits per heavy atom. The van der Waals surface area contributed by atoms with Crippen molar-refractivity contribution in [3.8, 4) is 0 Å². The third-order valence-corrected chi connectivity index (χ3v) is 7.47.